The van der Waals surface area contributed by atoms with E-state index in [4.69, 9.17) is 4.99 Å². The monoisotopic (exact) mass is 384 g/mol. The van der Waals surface area contributed by atoms with Crippen LogP contribution in [0.25, 0.3) is 0 Å². The maximum absolute atomic E-state index is 5.35. The van der Waals surface area contributed by atoms with E-state index >= 15 is 0 Å². The summed E-state index contributed by atoms with van der Waals surface area (Å²) >= 11 is 0. The number of likely N-dealkylation sites (tertiary alicyclic amines) is 1. The molecule has 0 radical (unpaired) electrons. The first-order chi connectivity index (χ1) is 13.9. The average Bonchev–Trinajstić information content (AvgIpc) is 2.71. The smallest absolute Gasteiger partial charge is 0.0722 e. The third-order valence-electron chi connectivity index (χ3n) is 7.09. The van der Waals surface area contributed by atoms with Gasteiger partial charge in [-0.05, 0) is 56.0 Å². The van der Waals surface area contributed by atoms with Crippen molar-refractivity contribution >= 4 is 5.71 Å². The van der Waals surface area contributed by atoms with Crippen molar-refractivity contribution in [1.82, 2.24) is 4.90 Å². The van der Waals surface area contributed by atoms with Crippen LogP contribution in [0.2, 0.25) is 0 Å². The molecule has 0 bridgehead atoms. The van der Waals surface area contributed by atoms with Gasteiger partial charge in [-0.2, -0.15) is 0 Å². The van der Waals surface area contributed by atoms with Crippen molar-refractivity contribution in [2.45, 2.75) is 39.2 Å². The highest BCUT2D eigenvalue weighted by Gasteiger charge is 2.53. The van der Waals surface area contributed by atoms with Gasteiger partial charge in [0.05, 0.1) is 11.3 Å². The van der Waals surface area contributed by atoms with Gasteiger partial charge in [0.2, 0.25) is 0 Å². The Balaban J connectivity index is 1.68. The lowest BCUT2D eigenvalue weighted by Gasteiger charge is -2.55. The van der Waals surface area contributed by atoms with Crippen molar-refractivity contribution in [2.24, 2.45) is 10.4 Å². The number of hydrogen-bond acceptors (Lipinski definition) is 2. The fourth-order valence-corrected chi connectivity index (χ4v) is 5.15. The molecular formula is C27H32N2. The molecule has 2 atom stereocenters. The van der Waals surface area contributed by atoms with Gasteiger partial charge in [0.1, 0.15) is 0 Å². The van der Waals surface area contributed by atoms with Crippen LogP contribution in [0.1, 0.15) is 43.9 Å². The summed E-state index contributed by atoms with van der Waals surface area (Å²) < 4.78 is 0. The first kappa shape index (κ1) is 19.8. The van der Waals surface area contributed by atoms with Gasteiger partial charge < -0.3 is 4.90 Å². The Hall–Kier alpha value is -2.45. The van der Waals surface area contributed by atoms with Crippen LogP contribution in [0.4, 0.5) is 0 Å². The molecule has 2 heterocycles. The minimum atomic E-state index is -0.0966. The molecule has 4 rings (SSSR count). The maximum atomic E-state index is 5.35. The molecule has 150 valence electrons. The Morgan fingerprint density at radius 1 is 1.03 bits per heavy atom. The minimum absolute atomic E-state index is 0.00256. The molecule has 0 saturated carbocycles. The summed E-state index contributed by atoms with van der Waals surface area (Å²) in [5.74, 6) is 0. The summed E-state index contributed by atoms with van der Waals surface area (Å²) in [6.45, 7) is 13.4. The van der Waals surface area contributed by atoms with Crippen LogP contribution in [0, 0.1) is 5.41 Å². The Labute approximate surface area is 175 Å². The molecule has 2 aromatic carbocycles. The van der Waals surface area contributed by atoms with E-state index in [1.54, 1.807) is 0 Å². The lowest BCUT2D eigenvalue weighted by atomic mass is 9.59. The molecule has 2 aliphatic rings. The zero-order chi connectivity index (χ0) is 20.6. The zero-order valence-corrected chi connectivity index (χ0v) is 18.2. The maximum Gasteiger partial charge on any atom is 0.0722 e. The predicted molar refractivity (Wildman–Crippen MR) is 124 cm³/mol. The van der Waals surface area contributed by atoms with E-state index in [0.29, 0.717) is 0 Å². The Kier molecular flexibility index (Phi) is 5.08. The largest absolute Gasteiger partial charge is 0.305 e. The summed E-state index contributed by atoms with van der Waals surface area (Å²) in [7, 11) is 2.21. The number of nitrogens with zero attached hydrogens (tertiary/aromatic N) is 2. The third kappa shape index (κ3) is 3.40. The van der Waals surface area contributed by atoms with Crippen LogP contribution in [-0.4, -0.2) is 36.3 Å². The summed E-state index contributed by atoms with van der Waals surface area (Å²) in [6, 6.07) is 19.5. The molecule has 2 heteroatoms. The quantitative estimate of drug-likeness (QED) is 0.664. The molecular weight excluding hydrogens is 352 g/mol. The van der Waals surface area contributed by atoms with Gasteiger partial charge >= 0.3 is 0 Å². The van der Waals surface area contributed by atoms with Crippen LogP contribution >= 0.6 is 0 Å². The molecule has 0 spiro atoms. The third-order valence-corrected chi connectivity index (χ3v) is 7.09. The van der Waals surface area contributed by atoms with Crippen molar-refractivity contribution in [2.75, 3.05) is 20.1 Å². The molecule has 2 aliphatic heterocycles. The lowest BCUT2D eigenvalue weighted by Crippen LogP contribution is -2.58. The number of aliphatic imine (C=N–C) groups is 1. The van der Waals surface area contributed by atoms with E-state index in [1.807, 2.05) is 0 Å². The first-order valence-electron chi connectivity index (χ1n) is 10.6. The van der Waals surface area contributed by atoms with Crippen LogP contribution in [0.3, 0.4) is 0 Å². The van der Waals surface area contributed by atoms with Gasteiger partial charge in [-0.3, -0.25) is 4.99 Å². The predicted octanol–water partition coefficient (Wildman–Crippen LogP) is 5.68. The van der Waals surface area contributed by atoms with Crippen LogP contribution in [-0.2, 0) is 6.42 Å². The molecule has 1 fully saturated rings. The standard InChI is InChI=1S/C27H32N2/c1-6-24-20(2)25(28-27(4)16-17-29(5)19-26(24,27)3)23-14-12-22(13-15-23)18-21-10-8-7-9-11-21/h6-15H,2,16-19H2,1,3-5H3/b24-6+/t26-,27-/m1/s1. The molecule has 0 amide bonds. The summed E-state index contributed by atoms with van der Waals surface area (Å²) in [6.07, 6.45) is 4.29. The number of benzene rings is 2. The highest BCUT2D eigenvalue weighted by Crippen LogP contribution is 2.52. The second-order valence-corrected chi connectivity index (χ2v) is 9.09. The second kappa shape index (κ2) is 7.42. The minimum Gasteiger partial charge on any atom is -0.305 e. The number of rotatable bonds is 3. The van der Waals surface area contributed by atoms with E-state index < -0.39 is 0 Å². The van der Waals surface area contributed by atoms with E-state index in [9.17, 15) is 0 Å². The summed E-state index contributed by atoms with van der Waals surface area (Å²) in [4.78, 5) is 7.78. The van der Waals surface area contributed by atoms with Gasteiger partial charge in [0, 0.05) is 24.1 Å². The van der Waals surface area contributed by atoms with Crippen LogP contribution in [0.15, 0.2) is 83.4 Å². The number of fused-ring (bicyclic) bond motifs is 1. The van der Waals surface area contributed by atoms with Gasteiger partial charge in [-0.15, -0.1) is 0 Å². The molecule has 0 N–H and O–H groups in total. The summed E-state index contributed by atoms with van der Waals surface area (Å²) in [5, 5.41) is 0. The first-order valence-corrected chi connectivity index (χ1v) is 10.6. The summed E-state index contributed by atoms with van der Waals surface area (Å²) in [5.41, 5.74) is 7.24. The fourth-order valence-electron chi connectivity index (χ4n) is 5.15. The molecule has 29 heavy (non-hydrogen) atoms. The number of piperidine rings is 1. The topological polar surface area (TPSA) is 15.6 Å². The molecule has 1 saturated heterocycles. The number of allylic oxidation sites excluding steroid dienone is 2. The molecule has 0 aliphatic carbocycles. The van der Waals surface area contributed by atoms with Gasteiger partial charge in [-0.25, -0.2) is 0 Å². The van der Waals surface area contributed by atoms with Crippen LogP contribution in [0.5, 0.6) is 0 Å². The van der Waals surface area contributed by atoms with Crippen molar-refractivity contribution in [1.29, 1.82) is 0 Å². The van der Waals surface area contributed by atoms with Crippen molar-refractivity contribution in [3.05, 3.63) is 95.1 Å². The zero-order valence-electron chi connectivity index (χ0n) is 18.2. The average molecular weight is 385 g/mol. The highest BCUT2D eigenvalue weighted by molar-refractivity contribution is 6.16. The molecule has 0 aromatic heterocycles. The molecule has 2 nitrogen and oxygen atoms in total. The Bertz CT molecular complexity index is 967. The highest BCUT2D eigenvalue weighted by atomic mass is 15.1. The van der Waals surface area contributed by atoms with Gasteiger partial charge in [-0.1, -0.05) is 74.2 Å². The fraction of sp³-hybridized carbons (Fsp3) is 0.370. The molecule has 0 unspecified atom stereocenters. The van der Waals surface area contributed by atoms with Crippen molar-refractivity contribution < 1.29 is 0 Å². The SMILES string of the molecule is C=C1C(c2ccc(Cc3ccccc3)cc2)=N[C@]2(C)CCN(C)C[C@]2(C)/C1=C/C. The van der Waals surface area contributed by atoms with Gasteiger partial charge in [0.15, 0.2) is 0 Å². The lowest BCUT2D eigenvalue weighted by molar-refractivity contribution is 0.0721. The molecule has 2 aromatic rings. The Morgan fingerprint density at radius 3 is 2.34 bits per heavy atom. The van der Waals surface area contributed by atoms with Crippen molar-refractivity contribution in [3.8, 4) is 0 Å². The normalized spacial score (nSPS) is 28.9. The van der Waals surface area contributed by atoms with E-state index in [1.165, 1.54) is 22.3 Å². The van der Waals surface area contributed by atoms with E-state index in [-0.39, 0.29) is 11.0 Å². The number of hydrogen-bond donors (Lipinski definition) is 0. The van der Waals surface area contributed by atoms with Crippen molar-refractivity contribution in [3.63, 3.8) is 0 Å². The van der Waals surface area contributed by atoms with Crippen LogP contribution < -0.4 is 0 Å². The second-order valence-electron chi connectivity index (χ2n) is 9.09. The van der Waals surface area contributed by atoms with Gasteiger partial charge in [0.25, 0.3) is 0 Å². The van der Waals surface area contributed by atoms with E-state index in [0.717, 1.165) is 37.2 Å². The van der Waals surface area contributed by atoms with E-state index in [2.05, 4.69) is 100.0 Å². The Morgan fingerprint density at radius 2 is 1.69 bits per heavy atom.